The largest absolute Gasteiger partial charge is 0.304 e. The smallest absolute Gasteiger partial charge is 0.0569 e. The molecule has 1 rings (SSSR count). The predicted molar refractivity (Wildman–Crippen MR) is 59.2 cm³/mol. The first-order valence-electron chi connectivity index (χ1n) is 5.05. The lowest BCUT2D eigenvalue weighted by Crippen LogP contribution is -2.42. The third kappa shape index (κ3) is 2.84. The van der Waals surface area contributed by atoms with Gasteiger partial charge < -0.3 is 4.90 Å². The van der Waals surface area contributed by atoms with E-state index in [2.05, 4.69) is 44.9 Å². The number of likely N-dealkylation sites (N-methyl/N-ethyl adjacent to an activating group) is 1. The minimum atomic E-state index is 0.273. The summed E-state index contributed by atoms with van der Waals surface area (Å²) in [5.41, 5.74) is 0.273. The van der Waals surface area contributed by atoms with Crippen LogP contribution in [-0.2, 0) is 6.54 Å². The van der Waals surface area contributed by atoms with Crippen LogP contribution < -0.4 is 0 Å². The van der Waals surface area contributed by atoms with E-state index in [4.69, 9.17) is 0 Å². The van der Waals surface area contributed by atoms with E-state index in [0.717, 1.165) is 6.54 Å². The Bertz CT molecular complexity index is 257. The zero-order valence-corrected chi connectivity index (χ0v) is 9.86. The van der Waals surface area contributed by atoms with Crippen LogP contribution in [0.2, 0.25) is 0 Å². The van der Waals surface area contributed by atoms with Crippen molar-refractivity contribution < 1.29 is 0 Å². The van der Waals surface area contributed by atoms with Crippen LogP contribution in [0.15, 0.2) is 18.5 Å². The Morgan fingerprint density at radius 2 is 2.00 bits per heavy atom. The SMILES string of the molecule is CN(C)C(Cn1cccn1)C(C)(C)C. The molecule has 0 aromatic carbocycles. The molecule has 0 aliphatic carbocycles. The highest BCUT2D eigenvalue weighted by Crippen LogP contribution is 2.23. The molecular weight excluding hydrogens is 174 g/mol. The van der Waals surface area contributed by atoms with Crippen LogP contribution >= 0.6 is 0 Å². The van der Waals surface area contributed by atoms with E-state index < -0.39 is 0 Å². The highest BCUT2D eigenvalue weighted by Gasteiger charge is 2.26. The molecule has 1 heterocycles. The summed E-state index contributed by atoms with van der Waals surface area (Å²) in [7, 11) is 4.25. The quantitative estimate of drug-likeness (QED) is 0.734. The minimum Gasteiger partial charge on any atom is -0.304 e. The van der Waals surface area contributed by atoms with Crippen LogP contribution in [0.5, 0.6) is 0 Å². The maximum atomic E-state index is 4.24. The minimum absolute atomic E-state index is 0.273. The van der Waals surface area contributed by atoms with Crippen LogP contribution in [0, 0.1) is 5.41 Å². The standard InChI is InChI=1S/C11H21N3/c1-11(2,3)10(13(4)5)9-14-8-6-7-12-14/h6-8,10H,9H2,1-5H3. The molecule has 1 unspecified atom stereocenters. The summed E-state index contributed by atoms with van der Waals surface area (Å²) in [5.74, 6) is 0. The van der Waals surface area contributed by atoms with E-state index >= 15 is 0 Å². The number of hydrogen-bond donors (Lipinski definition) is 0. The highest BCUT2D eigenvalue weighted by molar-refractivity contribution is 4.84. The van der Waals surface area contributed by atoms with Crippen molar-refractivity contribution in [2.75, 3.05) is 14.1 Å². The molecule has 3 nitrogen and oxygen atoms in total. The predicted octanol–water partition coefficient (Wildman–Crippen LogP) is 1.86. The molecular formula is C11H21N3. The molecule has 0 radical (unpaired) electrons. The van der Waals surface area contributed by atoms with Gasteiger partial charge in [-0.2, -0.15) is 5.10 Å². The van der Waals surface area contributed by atoms with Gasteiger partial charge in [-0.3, -0.25) is 4.68 Å². The zero-order valence-electron chi connectivity index (χ0n) is 9.86. The summed E-state index contributed by atoms with van der Waals surface area (Å²) >= 11 is 0. The van der Waals surface area contributed by atoms with Gasteiger partial charge in [-0.25, -0.2) is 0 Å². The number of rotatable bonds is 3. The maximum absolute atomic E-state index is 4.24. The van der Waals surface area contributed by atoms with E-state index in [0.29, 0.717) is 6.04 Å². The third-order valence-electron chi connectivity index (χ3n) is 2.54. The summed E-state index contributed by atoms with van der Waals surface area (Å²) in [6, 6.07) is 2.47. The van der Waals surface area contributed by atoms with Crippen molar-refractivity contribution in [3.05, 3.63) is 18.5 Å². The van der Waals surface area contributed by atoms with Crippen molar-refractivity contribution in [3.63, 3.8) is 0 Å². The summed E-state index contributed by atoms with van der Waals surface area (Å²) in [5, 5.41) is 4.24. The normalized spacial score (nSPS) is 14.7. The Labute approximate surface area is 86.7 Å². The number of aromatic nitrogens is 2. The topological polar surface area (TPSA) is 21.1 Å². The molecule has 0 saturated carbocycles. The second-order valence-corrected chi connectivity index (χ2v) is 5.07. The van der Waals surface area contributed by atoms with Crippen molar-refractivity contribution in [3.8, 4) is 0 Å². The Kier molecular flexibility index (Phi) is 3.32. The Hall–Kier alpha value is -0.830. The average molecular weight is 195 g/mol. The van der Waals surface area contributed by atoms with Crippen LogP contribution in [0.1, 0.15) is 20.8 Å². The first-order chi connectivity index (χ1) is 6.41. The molecule has 0 spiro atoms. The fraction of sp³-hybridized carbons (Fsp3) is 0.727. The molecule has 0 amide bonds. The van der Waals surface area contributed by atoms with Crippen molar-refractivity contribution in [2.45, 2.75) is 33.4 Å². The lowest BCUT2D eigenvalue weighted by atomic mass is 9.86. The molecule has 1 aromatic heterocycles. The van der Waals surface area contributed by atoms with Gasteiger partial charge in [0, 0.05) is 18.4 Å². The summed E-state index contributed by atoms with van der Waals surface area (Å²) in [6.45, 7) is 7.74. The van der Waals surface area contributed by atoms with Crippen molar-refractivity contribution in [1.29, 1.82) is 0 Å². The molecule has 80 valence electrons. The Morgan fingerprint density at radius 1 is 1.36 bits per heavy atom. The monoisotopic (exact) mass is 195 g/mol. The second kappa shape index (κ2) is 4.13. The van der Waals surface area contributed by atoms with Crippen molar-refractivity contribution in [2.24, 2.45) is 5.41 Å². The Balaban J connectivity index is 2.71. The summed E-state index contributed by atoms with van der Waals surface area (Å²) < 4.78 is 2.00. The van der Waals surface area contributed by atoms with Gasteiger partial charge in [0.25, 0.3) is 0 Å². The van der Waals surface area contributed by atoms with Gasteiger partial charge in [0.05, 0.1) is 6.54 Å². The molecule has 1 atom stereocenters. The number of nitrogens with zero attached hydrogens (tertiary/aromatic N) is 3. The summed E-state index contributed by atoms with van der Waals surface area (Å²) in [6.07, 6.45) is 3.84. The van der Waals surface area contributed by atoms with Gasteiger partial charge in [0.15, 0.2) is 0 Å². The highest BCUT2D eigenvalue weighted by atomic mass is 15.3. The van der Waals surface area contributed by atoms with Gasteiger partial charge >= 0.3 is 0 Å². The van der Waals surface area contributed by atoms with Crippen LogP contribution in [-0.4, -0.2) is 34.8 Å². The van der Waals surface area contributed by atoms with Crippen molar-refractivity contribution >= 4 is 0 Å². The van der Waals surface area contributed by atoms with Crippen molar-refractivity contribution in [1.82, 2.24) is 14.7 Å². The van der Waals surface area contributed by atoms with E-state index in [9.17, 15) is 0 Å². The second-order valence-electron chi connectivity index (χ2n) is 5.07. The molecule has 0 aliphatic rings. The maximum Gasteiger partial charge on any atom is 0.0569 e. The Morgan fingerprint density at radius 3 is 2.36 bits per heavy atom. The molecule has 0 fully saturated rings. The van der Waals surface area contributed by atoms with E-state index in [1.54, 1.807) is 0 Å². The van der Waals surface area contributed by atoms with E-state index in [1.165, 1.54) is 0 Å². The molecule has 0 aliphatic heterocycles. The molecule has 0 bridgehead atoms. The molecule has 0 N–H and O–H groups in total. The van der Waals surface area contributed by atoms with Crippen LogP contribution in [0.4, 0.5) is 0 Å². The van der Waals surface area contributed by atoms with Gasteiger partial charge in [-0.15, -0.1) is 0 Å². The van der Waals surface area contributed by atoms with Gasteiger partial charge in [0.2, 0.25) is 0 Å². The van der Waals surface area contributed by atoms with Gasteiger partial charge in [-0.05, 0) is 25.6 Å². The average Bonchev–Trinajstić information content (AvgIpc) is 2.48. The first-order valence-corrected chi connectivity index (χ1v) is 5.05. The first kappa shape index (κ1) is 11.2. The van der Waals surface area contributed by atoms with Crippen LogP contribution in [0.25, 0.3) is 0 Å². The molecule has 1 aromatic rings. The molecule has 0 saturated heterocycles. The summed E-state index contributed by atoms with van der Waals surface area (Å²) in [4.78, 5) is 2.27. The fourth-order valence-electron chi connectivity index (χ4n) is 1.80. The van der Waals surface area contributed by atoms with Gasteiger partial charge in [-0.1, -0.05) is 20.8 Å². The lowest BCUT2D eigenvalue weighted by molar-refractivity contribution is 0.129. The number of hydrogen-bond acceptors (Lipinski definition) is 2. The lowest BCUT2D eigenvalue weighted by Gasteiger charge is -2.35. The molecule has 14 heavy (non-hydrogen) atoms. The van der Waals surface area contributed by atoms with E-state index in [1.807, 2.05) is 23.1 Å². The molecule has 3 heteroatoms. The third-order valence-corrected chi connectivity index (χ3v) is 2.54. The van der Waals surface area contributed by atoms with Crippen LogP contribution in [0.3, 0.4) is 0 Å². The zero-order chi connectivity index (χ0) is 10.8. The fourth-order valence-corrected chi connectivity index (χ4v) is 1.80. The van der Waals surface area contributed by atoms with Gasteiger partial charge in [0.1, 0.15) is 0 Å². The van der Waals surface area contributed by atoms with E-state index in [-0.39, 0.29) is 5.41 Å².